The number of carbonyl (C=O) groups excluding carboxylic acids is 1. The van der Waals surface area contributed by atoms with Crippen molar-refractivity contribution in [1.82, 2.24) is 4.90 Å². The van der Waals surface area contributed by atoms with Gasteiger partial charge in [0.25, 0.3) is 11.6 Å². The van der Waals surface area contributed by atoms with Crippen LogP contribution in [-0.2, 0) is 0 Å². The maximum atomic E-state index is 12.8. The van der Waals surface area contributed by atoms with Gasteiger partial charge in [0.2, 0.25) is 0 Å². The van der Waals surface area contributed by atoms with E-state index in [9.17, 15) is 14.9 Å². The molecule has 0 spiro atoms. The SMILES string of the molecule is CCNc1ccc([N+](=O)[O-])cc1C(=O)N1CC2CCC1C2. The van der Waals surface area contributed by atoms with Gasteiger partial charge in [-0.3, -0.25) is 14.9 Å². The van der Waals surface area contributed by atoms with Crippen LogP contribution >= 0.6 is 0 Å². The van der Waals surface area contributed by atoms with Crippen molar-refractivity contribution in [2.24, 2.45) is 5.92 Å². The van der Waals surface area contributed by atoms with Crippen LogP contribution in [0, 0.1) is 16.0 Å². The van der Waals surface area contributed by atoms with E-state index in [1.807, 2.05) is 11.8 Å². The summed E-state index contributed by atoms with van der Waals surface area (Å²) >= 11 is 0. The van der Waals surface area contributed by atoms with Crippen molar-refractivity contribution in [2.45, 2.75) is 32.2 Å². The molecule has 1 heterocycles. The van der Waals surface area contributed by atoms with E-state index in [-0.39, 0.29) is 11.6 Å². The number of hydrogen-bond donors (Lipinski definition) is 1. The minimum atomic E-state index is -0.456. The summed E-state index contributed by atoms with van der Waals surface area (Å²) in [6.45, 7) is 3.40. The summed E-state index contributed by atoms with van der Waals surface area (Å²) in [7, 11) is 0. The van der Waals surface area contributed by atoms with Gasteiger partial charge in [-0.2, -0.15) is 0 Å². The summed E-state index contributed by atoms with van der Waals surface area (Å²) in [6.07, 6.45) is 3.34. The zero-order valence-electron chi connectivity index (χ0n) is 12.0. The molecule has 6 nitrogen and oxygen atoms in total. The summed E-state index contributed by atoms with van der Waals surface area (Å²) < 4.78 is 0. The largest absolute Gasteiger partial charge is 0.385 e. The third-order valence-electron chi connectivity index (χ3n) is 4.48. The van der Waals surface area contributed by atoms with Crippen molar-refractivity contribution in [2.75, 3.05) is 18.4 Å². The van der Waals surface area contributed by atoms with Crippen LogP contribution in [0.4, 0.5) is 11.4 Å². The van der Waals surface area contributed by atoms with Gasteiger partial charge in [0, 0.05) is 37.0 Å². The Morgan fingerprint density at radius 2 is 2.29 bits per heavy atom. The molecule has 3 rings (SSSR count). The Bertz CT molecular complexity index is 588. The minimum absolute atomic E-state index is 0.0376. The van der Waals surface area contributed by atoms with Crippen LogP contribution in [0.3, 0.4) is 0 Å². The Morgan fingerprint density at radius 1 is 1.48 bits per heavy atom. The van der Waals surface area contributed by atoms with E-state index in [0.717, 1.165) is 19.4 Å². The smallest absolute Gasteiger partial charge is 0.270 e. The Labute approximate surface area is 123 Å². The first-order valence-corrected chi connectivity index (χ1v) is 7.43. The molecule has 0 radical (unpaired) electrons. The number of fused-ring (bicyclic) bond motifs is 2. The summed E-state index contributed by atoms with van der Waals surface area (Å²) in [5.41, 5.74) is 1.05. The molecule has 2 atom stereocenters. The molecule has 1 saturated carbocycles. The molecule has 1 aliphatic heterocycles. The number of nitrogens with one attached hydrogen (secondary N) is 1. The predicted octanol–water partition coefficient (Wildman–Crippen LogP) is 2.65. The quantitative estimate of drug-likeness (QED) is 0.683. The Kier molecular flexibility index (Phi) is 3.53. The first-order valence-electron chi connectivity index (χ1n) is 7.43. The number of likely N-dealkylation sites (tertiary alicyclic amines) is 1. The lowest BCUT2D eigenvalue weighted by Crippen LogP contribution is -2.38. The minimum Gasteiger partial charge on any atom is -0.385 e. The molecule has 2 fully saturated rings. The van der Waals surface area contributed by atoms with Crippen molar-refractivity contribution in [3.63, 3.8) is 0 Å². The number of non-ortho nitro benzene ring substituents is 1. The van der Waals surface area contributed by atoms with Crippen LogP contribution in [0.25, 0.3) is 0 Å². The monoisotopic (exact) mass is 289 g/mol. The van der Waals surface area contributed by atoms with E-state index in [0.29, 0.717) is 29.8 Å². The molecule has 0 aromatic heterocycles. The van der Waals surface area contributed by atoms with Crippen molar-refractivity contribution >= 4 is 17.3 Å². The summed E-state index contributed by atoms with van der Waals surface area (Å²) in [5.74, 6) is 0.530. The fraction of sp³-hybridized carbons (Fsp3) is 0.533. The van der Waals surface area contributed by atoms with Gasteiger partial charge in [-0.1, -0.05) is 0 Å². The van der Waals surface area contributed by atoms with Crippen LogP contribution in [0.1, 0.15) is 36.5 Å². The molecule has 2 bridgehead atoms. The number of benzene rings is 1. The highest BCUT2D eigenvalue weighted by atomic mass is 16.6. The Morgan fingerprint density at radius 3 is 2.86 bits per heavy atom. The van der Waals surface area contributed by atoms with E-state index in [2.05, 4.69) is 5.32 Å². The van der Waals surface area contributed by atoms with E-state index in [1.54, 1.807) is 6.07 Å². The van der Waals surface area contributed by atoms with E-state index in [4.69, 9.17) is 0 Å². The van der Waals surface area contributed by atoms with Crippen LogP contribution < -0.4 is 5.32 Å². The highest BCUT2D eigenvalue weighted by molar-refractivity contribution is 6.00. The maximum absolute atomic E-state index is 12.8. The molecule has 21 heavy (non-hydrogen) atoms. The van der Waals surface area contributed by atoms with Gasteiger partial charge in [0.15, 0.2) is 0 Å². The average molecular weight is 289 g/mol. The fourth-order valence-electron chi connectivity index (χ4n) is 3.50. The fourth-order valence-corrected chi connectivity index (χ4v) is 3.50. The number of nitro benzene ring substituents is 1. The number of rotatable bonds is 4. The molecule has 1 N–H and O–H groups in total. The van der Waals surface area contributed by atoms with Gasteiger partial charge in [-0.05, 0) is 38.2 Å². The number of carbonyl (C=O) groups is 1. The summed E-state index contributed by atoms with van der Waals surface area (Å²) in [6, 6.07) is 4.77. The highest BCUT2D eigenvalue weighted by Crippen LogP contribution is 2.39. The Balaban J connectivity index is 1.93. The molecule has 1 aromatic rings. The van der Waals surface area contributed by atoms with Crippen LogP contribution in [-0.4, -0.2) is 34.9 Å². The lowest BCUT2D eigenvalue weighted by atomic mass is 10.1. The number of anilines is 1. The molecule has 1 amide bonds. The number of hydrogen-bond acceptors (Lipinski definition) is 4. The van der Waals surface area contributed by atoms with Gasteiger partial charge in [-0.15, -0.1) is 0 Å². The van der Waals surface area contributed by atoms with Crippen molar-refractivity contribution < 1.29 is 9.72 Å². The summed E-state index contributed by atoms with van der Waals surface area (Å²) in [4.78, 5) is 25.2. The van der Waals surface area contributed by atoms with E-state index >= 15 is 0 Å². The maximum Gasteiger partial charge on any atom is 0.270 e. The normalized spacial score (nSPS) is 23.4. The van der Waals surface area contributed by atoms with E-state index < -0.39 is 4.92 Å². The first kappa shape index (κ1) is 13.9. The third kappa shape index (κ3) is 2.46. The van der Waals surface area contributed by atoms with Gasteiger partial charge < -0.3 is 10.2 Å². The van der Waals surface area contributed by atoms with Gasteiger partial charge in [0.1, 0.15) is 0 Å². The second kappa shape index (κ2) is 5.35. The molecule has 1 aliphatic carbocycles. The molecule has 112 valence electrons. The second-order valence-corrected chi connectivity index (χ2v) is 5.81. The molecular formula is C15H19N3O3. The molecule has 1 saturated heterocycles. The lowest BCUT2D eigenvalue weighted by Gasteiger charge is -2.27. The van der Waals surface area contributed by atoms with Crippen LogP contribution in [0.5, 0.6) is 0 Å². The van der Waals surface area contributed by atoms with Crippen molar-refractivity contribution in [3.8, 4) is 0 Å². The average Bonchev–Trinajstić information content (AvgIpc) is 3.09. The molecule has 2 unspecified atom stereocenters. The number of nitrogens with zero attached hydrogens (tertiary/aromatic N) is 2. The molecule has 1 aromatic carbocycles. The number of nitro groups is 1. The van der Waals surface area contributed by atoms with Crippen LogP contribution in [0.15, 0.2) is 18.2 Å². The molecule has 2 aliphatic rings. The number of piperidine rings is 1. The highest BCUT2D eigenvalue weighted by Gasteiger charge is 2.41. The topological polar surface area (TPSA) is 75.5 Å². The number of amides is 1. The lowest BCUT2D eigenvalue weighted by molar-refractivity contribution is -0.384. The predicted molar refractivity (Wildman–Crippen MR) is 79.4 cm³/mol. The third-order valence-corrected chi connectivity index (χ3v) is 4.48. The van der Waals surface area contributed by atoms with Gasteiger partial charge in [-0.25, -0.2) is 0 Å². The molecular weight excluding hydrogens is 270 g/mol. The van der Waals surface area contributed by atoms with Crippen LogP contribution in [0.2, 0.25) is 0 Å². The van der Waals surface area contributed by atoms with Crippen molar-refractivity contribution in [3.05, 3.63) is 33.9 Å². The molecule has 6 heteroatoms. The second-order valence-electron chi connectivity index (χ2n) is 5.81. The van der Waals surface area contributed by atoms with E-state index in [1.165, 1.54) is 18.6 Å². The standard InChI is InChI=1S/C15H19N3O3/c1-2-16-14-6-5-12(18(20)21)8-13(14)15(19)17-9-10-3-4-11(17)7-10/h5-6,8,10-11,16H,2-4,7,9H2,1H3. The zero-order chi connectivity index (χ0) is 15.0. The van der Waals surface area contributed by atoms with Gasteiger partial charge in [0.05, 0.1) is 10.5 Å². The van der Waals surface area contributed by atoms with Crippen molar-refractivity contribution in [1.29, 1.82) is 0 Å². The first-order chi connectivity index (χ1) is 10.1. The van der Waals surface area contributed by atoms with Gasteiger partial charge >= 0.3 is 0 Å². The zero-order valence-corrected chi connectivity index (χ0v) is 12.0. The Hall–Kier alpha value is -2.11. The summed E-state index contributed by atoms with van der Waals surface area (Å²) in [5, 5.41) is 14.1.